The van der Waals surface area contributed by atoms with Crippen LogP contribution < -0.4 is 11.1 Å². The number of carbonyl (C=O) groups excluding carboxylic acids is 1. The molecule has 116 valence electrons. The highest BCUT2D eigenvalue weighted by molar-refractivity contribution is 9.10. The number of anilines is 1. The third kappa shape index (κ3) is 4.01. The molecule has 0 aromatic heterocycles. The molecule has 1 aliphatic carbocycles. The van der Waals surface area contributed by atoms with Gasteiger partial charge in [0.2, 0.25) is 5.91 Å². The number of hydrogen-bond donors (Lipinski definition) is 2. The summed E-state index contributed by atoms with van der Waals surface area (Å²) in [6.07, 6.45) is 5.36. The lowest BCUT2D eigenvalue weighted by Gasteiger charge is -2.35. The summed E-state index contributed by atoms with van der Waals surface area (Å²) in [5, 5.41) is 2.45. The largest absolute Gasteiger partial charge is 0.330 e. The van der Waals surface area contributed by atoms with Gasteiger partial charge in [0.1, 0.15) is 11.6 Å². The van der Waals surface area contributed by atoms with Gasteiger partial charge >= 0.3 is 0 Å². The number of amides is 1. The molecule has 21 heavy (non-hydrogen) atoms. The Labute approximate surface area is 131 Å². The zero-order valence-electron chi connectivity index (χ0n) is 11.7. The fraction of sp³-hybridized carbons (Fsp3) is 0.533. The lowest BCUT2D eigenvalue weighted by Crippen LogP contribution is -2.36. The molecule has 1 fully saturated rings. The van der Waals surface area contributed by atoms with Crippen molar-refractivity contribution >= 4 is 27.5 Å². The van der Waals surface area contributed by atoms with Crippen molar-refractivity contribution in [3.8, 4) is 0 Å². The minimum Gasteiger partial charge on any atom is -0.330 e. The van der Waals surface area contributed by atoms with Crippen molar-refractivity contribution in [1.82, 2.24) is 0 Å². The normalized spacial score (nSPS) is 17.5. The molecule has 1 aromatic carbocycles. The van der Waals surface area contributed by atoms with Crippen LogP contribution in [0.1, 0.15) is 38.5 Å². The summed E-state index contributed by atoms with van der Waals surface area (Å²) in [7, 11) is 0. The zero-order valence-corrected chi connectivity index (χ0v) is 13.3. The summed E-state index contributed by atoms with van der Waals surface area (Å²) in [4.78, 5) is 12.1. The standard InChI is InChI=1S/C15H19BrF2N2O/c16-10-6-12(18)13(7-11(10)17)20-14(21)8-15(9-19)4-2-1-3-5-15/h6-7H,1-5,8-9,19H2,(H,20,21). The van der Waals surface area contributed by atoms with E-state index < -0.39 is 11.6 Å². The van der Waals surface area contributed by atoms with Crippen LogP contribution in [0.3, 0.4) is 0 Å². The molecule has 1 saturated carbocycles. The first-order valence-electron chi connectivity index (χ1n) is 7.10. The predicted molar refractivity (Wildman–Crippen MR) is 81.9 cm³/mol. The Morgan fingerprint density at radius 2 is 1.90 bits per heavy atom. The molecule has 0 atom stereocenters. The Morgan fingerprint density at radius 3 is 2.52 bits per heavy atom. The quantitative estimate of drug-likeness (QED) is 0.798. The number of rotatable bonds is 4. The zero-order chi connectivity index (χ0) is 15.5. The summed E-state index contributed by atoms with van der Waals surface area (Å²) in [6.45, 7) is 0.442. The molecule has 3 N–H and O–H groups in total. The van der Waals surface area contributed by atoms with Gasteiger partial charge in [0.25, 0.3) is 0 Å². The van der Waals surface area contributed by atoms with E-state index in [0.717, 1.165) is 44.2 Å². The van der Waals surface area contributed by atoms with Crippen LogP contribution in [-0.2, 0) is 4.79 Å². The number of halogens is 3. The van der Waals surface area contributed by atoms with E-state index in [2.05, 4.69) is 21.2 Å². The van der Waals surface area contributed by atoms with Crippen molar-refractivity contribution in [3.05, 3.63) is 28.2 Å². The summed E-state index contributed by atoms with van der Waals surface area (Å²) in [5.74, 6) is -1.59. The summed E-state index contributed by atoms with van der Waals surface area (Å²) >= 11 is 2.90. The Hall–Kier alpha value is -1.01. The SMILES string of the molecule is NCC1(CC(=O)Nc2cc(F)c(Br)cc2F)CCCCC1. The molecule has 0 bridgehead atoms. The third-order valence-electron chi connectivity index (χ3n) is 4.17. The lowest BCUT2D eigenvalue weighted by molar-refractivity contribution is -0.118. The van der Waals surface area contributed by atoms with Gasteiger partial charge in [0.05, 0.1) is 10.2 Å². The van der Waals surface area contributed by atoms with Crippen molar-refractivity contribution in [2.75, 3.05) is 11.9 Å². The minimum absolute atomic E-state index is 0.0312. The molecule has 0 aliphatic heterocycles. The molecular weight excluding hydrogens is 342 g/mol. The Morgan fingerprint density at radius 1 is 1.24 bits per heavy atom. The van der Waals surface area contributed by atoms with E-state index in [4.69, 9.17) is 5.73 Å². The minimum atomic E-state index is -0.665. The first-order valence-corrected chi connectivity index (χ1v) is 7.89. The molecule has 1 amide bonds. The van der Waals surface area contributed by atoms with Crippen molar-refractivity contribution in [3.63, 3.8) is 0 Å². The van der Waals surface area contributed by atoms with E-state index in [1.54, 1.807) is 0 Å². The van der Waals surface area contributed by atoms with Gasteiger partial charge in [-0.1, -0.05) is 19.3 Å². The van der Waals surface area contributed by atoms with Crippen molar-refractivity contribution in [1.29, 1.82) is 0 Å². The molecule has 3 nitrogen and oxygen atoms in total. The number of carbonyl (C=O) groups is 1. The Balaban J connectivity index is 2.06. The maximum Gasteiger partial charge on any atom is 0.225 e. The molecular formula is C15H19BrF2N2O. The van der Waals surface area contributed by atoms with Crippen LogP contribution in [0.4, 0.5) is 14.5 Å². The van der Waals surface area contributed by atoms with E-state index in [-0.39, 0.29) is 27.9 Å². The van der Waals surface area contributed by atoms with Crippen LogP contribution in [0.2, 0.25) is 0 Å². The van der Waals surface area contributed by atoms with Crippen molar-refractivity contribution < 1.29 is 13.6 Å². The topological polar surface area (TPSA) is 55.1 Å². The highest BCUT2D eigenvalue weighted by atomic mass is 79.9. The van der Waals surface area contributed by atoms with Crippen molar-refractivity contribution in [2.45, 2.75) is 38.5 Å². The maximum absolute atomic E-state index is 13.7. The highest BCUT2D eigenvalue weighted by Gasteiger charge is 2.33. The summed E-state index contributed by atoms with van der Waals surface area (Å²) in [5.41, 5.74) is 5.50. The Bertz CT molecular complexity index is 531. The number of hydrogen-bond acceptors (Lipinski definition) is 2. The average Bonchev–Trinajstić information content (AvgIpc) is 2.45. The molecule has 1 aromatic rings. The van der Waals surface area contributed by atoms with E-state index in [0.29, 0.717) is 6.54 Å². The summed E-state index contributed by atoms with van der Waals surface area (Å²) < 4.78 is 27.2. The smallest absolute Gasteiger partial charge is 0.225 e. The van der Waals surface area contributed by atoms with E-state index >= 15 is 0 Å². The second kappa shape index (κ2) is 6.83. The van der Waals surface area contributed by atoms with Crippen LogP contribution in [0.15, 0.2) is 16.6 Å². The number of nitrogens with one attached hydrogen (secondary N) is 1. The number of nitrogens with two attached hydrogens (primary N) is 1. The van der Waals surface area contributed by atoms with Gasteiger partial charge in [0.15, 0.2) is 0 Å². The molecule has 1 aliphatic rings. The molecule has 0 radical (unpaired) electrons. The van der Waals surface area contributed by atoms with Gasteiger partial charge < -0.3 is 11.1 Å². The van der Waals surface area contributed by atoms with Gasteiger partial charge in [-0.05, 0) is 46.8 Å². The average molecular weight is 361 g/mol. The molecule has 0 unspecified atom stereocenters. The fourth-order valence-electron chi connectivity index (χ4n) is 2.91. The van der Waals surface area contributed by atoms with E-state index in [9.17, 15) is 13.6 Å². The summed E-state index contributed by atoms with van der Waals surface area (Å²) in [6, 6.07) is 1.98. The van der Waals surface area contributed by atoms with Crippen molar-refractivity contribution in [2.24, 2.45) is 11.1 Å². The van der Waals surface area contributed by atoms with E-state index in [1.807, 2.05) is 0 Å². The van der Waals surface area contributed by atoms with Crippen LogP contribution in [0, 0.1) is 17.0 Å². The third-order valence-corrected chi connectivity index (χ3v) is 4.77. The first-order chi connectivity index (χ1) is 9.96. The molecule has 6 heteroatoms. The first kappa shape index (κ1) is 16.4. The molecule has 0 spiro atoms. The number of benzene rings is 1. The van der Waals surface area contributed by atoms with E-state index in [1.165, 1.54) is 0 Å². The maximum atomic E-state index is 13.7. The van der Waals surface area contributed by atoms with Gasteiger partial charge in [-0.3, -0.25) is 4.79 Å². The van der Waals surface area contributed by atoms with Crippen LogP contribution in [0.5, 0.6) is 0 Å². The monoisotopic (exact) mass is 360 g/mol. The van der Waals surface area contributed by atoms with Gasteiger partial charge in [-0.15, -0.1) is 0 Å². The van der Waals surface area contributed by atoms with Gasteiger partial charge in [-0.25, -0.2) is 8.78 Å². The highest BCUT2D eigenvalue weighted by Crippen LogP contribution is 2.38. The predicted octanol–water partition coefficient (Wildman–Crippen LogP) is 3.97. The Kier molecular flexibility index (Phi) is 5.32. The van der Waals surface area contributed by atoms with Crippen LogP contribution in [-0.4, -0.2) is 12.5 Å². The van der Waals surface area contributed by atoms with Gasteiger partial charge in [0, 0.05) is 12.5 Å². The lowest BCUT2D eigenvalue weighted by atomic mass is 9.71. The van der Waals surface area contributed by atoms with Crippen LogP contribution in [0.25, 0.3) is 0 Å². The molecule has 2 rings (SSSR count). The second-order valence-electron chi connectivity index (χ2n) is 5.74. The van der Waals surface area contributed by atoms with Crippen LogP contribution >= 0.6 is 15.9 Å². The second-order valence-corrected chi connectivity index (χ2v) is 6.59. The van der Waals surface area contributed by atoms with Gasteiger partial charge in [-0.2, -0.15) is 0 Å². The fourth-order valence-corrected chi connectivity index (χ4v) is 3.22. The molecule has 0 heterocycles. The molecule has 0 saturated heterocycles.